The zero-order chi connectivity index (χ0) is 13.9. The Morgan fingerprint density at radius 3 is 2.72 bits per heavy atom. The molecule has 1 rings (SSSR count). The standard InChI is InChI=1S/C11H13ClN2O4/c1-7(11(15)16)6-13(2)10-5-8(12)3-4-9(10)14(17)18/h3-5,7H,6H2,1-2H3,(H,15,16). The van der Waals surface area contributed by atoms with Crippen molar-refractivity contribution in [3.8, 4) is 0 Å². The Hall–Kier alpha value is -1.82. The zero-order valence-corrected chi connectivity index (χ0v) is 10.7. The average Bonchev–Trinajstić information content (AvgIpc) is 2.28. The molecule has 0 aliphatic rings. The largest absolute Gasteiger partial charge is 0.481 e. The average molecular weight is 273 g/mol. The van der Waals surface area contributed by atoms with Gasteiger partial charge in [0.15, 0.2) is 0 Å². The predicted molar refractivity (Wildman–Crippen MR) is 68.2 cm³/mol. The van der Waals surface area contributed by atoms with Crippen molar-refractivity contribution in [2.24, 2.45) is 5.92 Å². The third-order valence-electron chi connectivity index (χ3n) is 2.51. The molecule has 1 N–H and O–H groups in total. The van der Waals surface area contributed by atoms with Crippen LogP contribution in [0.2, 0.25) is 5.02 Å². The predicted octanol–water partition coefficient (Wildman–Crippen LogP) is 2.41. The van der Waals surface area contributed by atoms with Crippen LogP contribution in [0.1, 0.15) is 6.92 Å². The molecule has 0 heterocycles. The van der Waals surface area contributed by atoms with Crippen molar-refractivity contribution >= 4 is 28.9 Å². The van der Waals surface area contributed by atoms with Crippen molar-refractivity contribution in [2.45, 2.75) is 6.92 Å². The molecular weight excluding hydrogens is 260 g/mol. The molecule has 0 saturated carbocycles. The molecule has 1 atom stereocenters. The molecule has 6 nitrogen and oxygen atoms in total. The quantitative estimate of drug-likeness (QED) is 0.657. The van der Waals surface area contributed by atoms with Crippen LogP contribution in [0.3, 0.4) is 0 Å². The van der Waals surface area contributed by atoms with E-state index >= 15 is 0 Å². The number of carbonyl (C=O) groups is 1. The fraction of sp³-hybridized carbons (Fsp3) is 0.364. The number of nitro benzene ring substituents is 1. The van der Waals surface area contributed by atoms with Gasteiger partial charge >= 0.3 is 5.97 Å². The van der Waals surface area contributed by atoms with E-state index in [9.17, 15) is 14.9 Å². The molecule has 0 aliphatic carbocycles. The SMILES string of the molecule is CC(CN(C)c1cc(Cl)ccc1[N+](=O)[O-])C(=O)O. The van der Waals surface area contributed by atoms with E-state index in [1.165, 1.54) is 30.0 Å². The summed E-state index contributed by atoms with van der Waals surface area (Å²) in [5.41, 5.74) is 0.208. The molecular formula is C11H13ClN2O4. The van der Waals surface area contributed by atoms with Gasteiger partial charge in [-0.2, -0.15) is 0 Å². The first kappa shape index (κ1) is 14.2. The number of carboxylic acid groups (broad SMARTS) is 1. The van der Waals surface area contributed by atoms with Crippen LogP contribution in [0.4, 0.5) is 11.4 Å². The van der Waals surface area contributed by atoms with E-state index in [1.54, 1.807) is 7.05 Å². The van der Waals surface area contributed by atoms with Crippen LogP contribution in [0.25, 0.3) is 0 Å². The fourth-order valence-electron chi connectivity index (χ4n) is 1.54. The second-order valence-electron chi connectivity index (χ2n) is 4.01. The van der Waals surface area contributed by atoms with E-state index in [0.717, 1.165) is 0 Å². The number of hydrogen-bond donors (Lipinski definition) is 1. The number of rotatable bonds is 5. The number of nitro groups is 1. The molecule has 1 aromatic rings. The minimum Gasteiger partial charge on any atom is -0.481 e. The van der Waals surface area contributed by atoms with Gasteiger partial charge in [-0.25, -0.2) is 0 Å². The van der Waals surface area contributed by atoms with Gasteiger partial charge in [0.05, 0.1) is 10.8 Å². The van der Waals surface area contributed by atoms with Crippen LogP contribution in [-0.4, -0.2) is 29.6 Å². The highest BCUT2D eigenvalue weighted by atomic mass is 35.5. The van der Waals surface area contributed by atoms with Crippen molar-refractivity contribution in [3.05, 3.63) is 33.3 Å². The third-order valence-corrected chi connectivity index (χ3v) is 2.75. The second-order valence-corrected chi connectivity index (χ2v) is 4.45. The molecule has 0 aliphatic heterocycles. The van der Waals surface area contributed by atoms with Gasteiger partial charge in [-0.05, 0) is 12.1 Å². The highest BCUT2D eigenvalue weighted by Crippen LogP contribution is 2.30. The van der Waals surface area contributed by atoms with E-state index in [4.69, 9.17) is 16.7 Å². The Morgan fingerprint density at radius 1 is 1.61 bits per heavy atom. The molecule has 0 saturated heterocycles. The van der Waals surface area contributed by atoms with Crippen LogP contribution >= 0.6 is 11.6 Å². The van der Waals surface area contributed by atoms with Gasteiger partial charge in [0.1, 0.15) is 5.69 Å². The van der Waals surface area contributed by atoms with Crippen LogP contribution < -0.4 is 4.90 Å². The van der Waals surface area contributed by atoms with Gasteiger partial charge in [-0.1, -0.05) is 18.5 Å². The summed E-state index contributed by atoms with van der Waals surface area (Å²) in [6, 6.07) is 4.19. The zero-order valence-electron chi connectivity index (χ0n) is 9.96. The lowest BCUT2D eigenvalue weighted by atomic mass is 10.1. The van der Waals surface area contributed by atoms with Crippen molar-refractivity contribution in [1.82, 2.24) is 0 Å². The maximum absolute atomic E-state index is 10.9. The number of aliphatic carboxylic acids is 1. The van der Waals surface area contributed by atoms with Crippen molar-refractivity contribution in [2.75, 3.05) is 18.5 Å². The van der Waals surface area contributed by atoms with E-state index < -0.39 is 16.8 Å². The van der Waals surface area contributed by atoms with Crippen LogP contribution in [0, 0.1) is 16.0 Å². The number of nitrogens with zero attached hydrogens (tertiary/aromatic N) is 2. The van der Waals surface area contributed by atoms with Crippen LogP contribution in [0.15, 0.2) is 18.2 Å². The maximum Gasteiger partial charge on any atom is 0.308 e. The fourth-order valence-corrected chi connectivity index (χ4v) is 1.71. The Labute approximate surface area is 109 Å². The van der Waals surface area contributed by atoms with Crippen molar-refractivity contribution in [3.63, 3.8) is 0 Å². The summed E-state index contributed by atoms with van der Waals surface area (Å²) in [6.45, 7) is 1.70. The molecule has 7 heteroatoms. The molecule has 98 valence electrons. The van der Waals surface area contributed by atoms with Crippen LogP contribution in [0.5, 0.6) is 0 Å². The Morgan fingerprint density at radius 2 is 2.22 bits per heavy atom. The van der Waals surface area contributed by atoms with Crippen LogP contribution in [-0.2, 0) is 4.79 Å². The molecule has 0 bridgehead atoms. The highest BCUT2D eigenvalue weighted by Gasteiger charge is 2.21. The summed E-state index contributed by atoms with van der Waals surface area (Å²) >= 11 is 5.80. The molecule has 0 fully saturated rings. The van der Waals surface area contributed by atoms with Gasteiger partial charge in [-0.3, -0.25) is 14.9 Å². The monoisotopic (exact) mass is 272 g/mol. The molecule has 1 aromatic carbocycles. The van der Waals surface area contributed by atoms with Crippen molar-refractivity contribution < 1.29 is 14.8 Å². The molecule has 0 aromatic heterocycles. The number of halogens is 1. The first-order chi connectivity index (χ1) is 8.32. The summed E-state index contributed by atoms with van der Waals surface area (Å²) in [5, 5.41) is 20.1. The molecule has 0 radical (unpaired) electrons. The lowest BCUT2D eigenvalue weighted by Crippen LogP contribution is -2.28. The number of anilines is 1. The summed E-state index contributed by atoms with van der Waals surface area (Å²) in [6.07, 6.45) is 0. The Bertz CT molecular complexity index is 478. The first-order valence-electron chi connectivity index (χ1n) is 5.20. The maximum atomic E-state index is 10.9. The van der Waals surface area contributed by atoms with Gasteiger partial charge in [0, 0.05) is 24.7 Å². The smallest absolute Gasteiger partial charge is 0.308 e. The summed E-state index contributed by atoms with van der Waals surface area (Å²) in [7, 11) is 1.60. The van der Waals surface area contributed by atoms with Gasteiger partial charge in [0.25, 0.3) is 5.69 Å². The van der Waals surface area contributed by atoms with E-state index in [-0.39, 0.29) is 12.2 Å². The minimum atomic E-state index is -0.952. The summed E-state index contributed by atoms with van der Waals surface area (Å²) in [5.74, 6) is -1.58. The molecule has 18 heavy (non-hydrogen) atoms. The van der Waals surface area contributed by atoms with E-state index in [2.05, 4.69) is 0 Å². The number of carboxylic acids is 1. The van der Waals surface area contributed by atoms with Crippen molar-refractivity contribution in [1.29, 1.82) is 0 Å². The third kappa shape index (κ3) is 3.33. The van der Waals surface area contributed by atoms with Gasteiger partial charge < -0.3 is 10.0 Å². The first-order valence-corrected chi connectivity index (χ1v) is 5.58. The normalized spacial score (nSPS) is 11.9. The number of hydrogen-bond acceptors (Lipinski definition) is 4. The second kappa shape index (κ2) is 5.68. The molecule has 0 amide bonds. The lowest BCUT2D eigenvalue weighted by Gasteiger charge is -2.21. The van der Waals surface area contributed by atoms with Gasteiger partial charge in [0.2, 0.25) is 0 Å². The highest BCUT2D eigenvalue weighted by molar-refractivity contribution is 6.31. The minimum absolute atomic E-state index is 0.0977. The van der Waals surface area contributed by atoms with Gasteiger partial charge in [-0.15, -0.1) is 0 Å². The summed E-state index contributed by atoms with van der Waals surface area (Å²) in [4.78, 5) is 22.6. The number of benzene rings is 1. The molecule has 1 unspecified atom stereocenters. The Balaban J connectivity index is 3.03. The Kier molecular flexibility index (Phi) is 4.49. The topological polar surface area (TPSA) is 83.7 Å². The summed E-state index contributed by atoms with van der Waals surface area (Å²) < 4.78 is 0. The lowest BCUT2D eigenvalue weighted by molar-refractivity contribution is -0.384. The van der Waals surface area contributed by atoms with E-state index in [0.29, 0.717) is 10.7 Å². The van der Waals surface area contributed by atoms with E-state index in [1.807, 2.05) is 0 Å². The molecule has 0 spiro atoms.